The van der Waals surface area contributed by atoms with E-state index in [0.717, 1.165) is 49.1 Å². The van der Waals surface area contributed by atoms with Gasteiger partial charge in [0.05, 0.1) is 11.7 Å². The van der Waals surface area contributed by atoms with Crippen LogP contribution in [0.15, 0.2) is 41.5 Å². The molecule has 2 aliphatic heterocycles. The molecule has 2 aromatic rings. The zero-order valence-corrected chi connectivity index (χ0v) is 15.3. The topological polar surface area (TPSA) is 49.4 Å². The van der Waals surface area contributed by atoms with Crippen molar-refractivity contribution in [3.05, 3.63) is 47.2 Å². The molecule has 0 amide bonds. The molecule has 5 nitrogen and oxygen atoms in total. The third-order valence-corrected chi connectivity index (χ3v) is 5.65. The van der Waals surface area contributed by atoms with Gasteiger partial charge in [0.15, 0.2) is 5.13 Å². The van der Waals surface area contributed by atoms with Gasteiger partial charge in [0.2, 0.25) is 0 Å². The van der Waals surface area contributed by atoms with Gasteiger partial charge < -0.3 is 20.3 Å². The lowest BCUT2D eigenvalue weighted by molar-refractivity contribution is 0.388. The van der Waals surface area contributed by atoms with E-state index in [2.05, 4.69) is 51.3 Å². The second kappa shape index (κ2) is 7.45. The summed E-state index contributed by atoms with van der Waals surface area (Å²) < 4.78 is 5.99. The number of anilines is 2. The third kappa shape index (κ3) is 3.65. The second-order valence-electron chi connectivity index (χ2n) is 6.40. The standard InChI is InChI=1S/C19H24N4OS/c1-20-19-22-17(13-25-19)18-3-2-12-23(18)14-4-6-15(7-5-14)24-16-8-10-21-11-9-16/h4-8,13,18,21H,2-3,9-12H2,1H3,(H,20,22). The highest BCUT2D eigenvalue weighted by molar-refractivity contribution is 7.13. The molecule has 0 saturated carbocycles. The number of hydrogen-bond acceptors (Lipinski definition) is 6. The van der Waals surface area contributed by atoms with Crippen LogP contribution >= 0.6 is 11.3 Å². The van der Waals surface area contributed by atoms with Gasteiger partial charge in [-0.3, -0.25) is 0 Å². The van der Waals surface area contributed by atoms with Crippen LogP contribution in [0.1, 0.15) is 31.0 Å². The maximum atomic E-state index is 5.99. The predicted octanol–water partition coefficient (Wildman–Crippen LogP) is 3.78. The minimum absolute atomic E-state index is 0.372. The van der Waals surface area contributed by atoms with Gasteiger partial charge in [0.1, 0.15) is 11.5 Å². The lowest BCUT2D eigenvalue weighted by Gasteiger charge is -2.26. The minimum atomic E-state index is 0.372. The first-order valence-electron chi connectivity index (χ1n) is 8.91. The molecule has 4 rings (SSSR count). The van der Waals surface area contributed by atoms with E-state index in [0.29, 0.717) is 6.04 Å². The smallest absolute Gasteiger partial charge is 0.182 e. The van der Waals surface area contributed by atoms with Crippen molar-refractivity contribution in [3.8, 4) is 5.75 Å². The molecule has 3 heterocycles. The minimum Gasteiger partial charge on any atom is -0.462 e. The molecule has 2 aliphatic rings. The lowest BCUT2D eigenvalue weighted by Crippen LogP contribution is -2.23. The molecule has 0 spiro atoms. The van der Waals surface area contributed by atoms with Crippen LogP contribution in [0.5, 0.6) is 5.75 Å². The van der Waals surface area contributed by atoms with Crippen LogP contribution in [0.4, 0.5) is 10.8 Å². The van der Waals surface area contributed by atoms with Crippen LogP contribution < -0.4 is 20.3 Å². The Morgan fingerprint density at radius 3 is 2.92 bits per heavy atom. The molecule has 0 radical (unpaired) electrons. The largest absolute Gasteiger partial charge is 0.462 e. The summed E-state index contributed by atoms with van der Waals surface area (Å²) in [6, 6.07) is 8.86. The number of thiazole rings is 1. The highest BCUT2D eigenvalue weighted by Gasteiger charge is 2.28. The van der Waals surface area contributed by atoms with Crippen LogP contribution in [0.3, 0.4) is 0 Å². The van der Waals surface area contributed by atoms with Crippen molar-refractivity contribution in [2.75, 3.05) is 36.9 Å². The number of ether oxygens (including phenoxy) is 1. The van der Waals surface area contributed by atoms with Crippen molar-refractivity contribution in [3.63, 3.8) is 0 Å². The van der Waals surface area contributed by atoms with Crippen molar-refractivity contribution in [1.29, 1.82) is 0 Å². The van der Waals surface area contributed by atoms with Crippen LogP contribution in [0, 0.1) is 0 Å². The van der Waals surface area contributed by atoms with E-state index >= 15 is 0 Å². The normalized spacial score (nSPS) is 20.4. The van der Waals surface area contributed by atoms with Gasteiger partial charge in [0, 0.05) is 44.2 Å². The Balaban J connectivity index is 1.47. The molecule has 132 valence electrons. The van der Waals surface area contributed by atoms with E-state index in [1.807, 2.05) is 7.05 Å². The van der Waals surface area contributed by atoms with Crippen LogP contribution in [0.25, 0.3) is 0 Å². The summed E-state index contributed by atoms with van der Waals surface area (Å²) in [5, 5.41) is 9.60. The van der Waals surface area contributed by atoms with Gasteiger partial charge in [-0.2, -0.15) is 0 Å². The molecule has 1 fully saturated rings. The fourth-order valence-electron chi connectivity index (χ4n) is 3.49. The lowest BCUT2D eigenvalue weighted by atomic mass is 10.1. The fraction of sp³-hybridized carbons (Fsp3) is 0.421. The summed E-state index contributed by atoms with van der Waals surface area (Å²) in [7, 11) is 1.92. The van der Waals surface area contributed by atoms with Crippen LogP contribution in [0.2, 0.25) is 0 Å². The van der Waals surface area contributed by atoms with Crippen molar-refractivity contribution in [1.82, 2.24) is 10.3 Å². The monoisotopic (exact) mass is 356 g/mol. The number of aromatic nitrogens is 1. The first-order chi connectivity index (χ1) is 12.3. The average molecular weight is 356 g/mol. The van der Waals surface area contributed by atoms with Gasteiger partial charge in [-0.15, -0.1) is 11.3 Å². The highest BCUT2D eigenvalue weighted by atomic mass is 32.1. The number of nitrogens with one attached hydrogen (secondary N) is 2. The first kappa shape index (κ1) is 16.4. The van der Waals surface area contributed by atoms with Gasteiger partial charge in [-0.1, -0.05) is 0 Å². The van der Waals surface area contributed by atoms with Gasteiger partial charge in [-0.25, -0.2) is 4.98 Å². The van der Waals surface area contributed by atoms with Gasteiger partial charge in [-0.05, 0) is 43.2 Å². The molecular weight excluding hydrogens is 332 g/mol. The molecule has 25 heavy (non-hydrogen) atoms. The molecule has 0 aliphatic carbocycles. The zero-order chi connectivity index (χ0) is 17.1. The van der Waals surface area contributed by atoms with E-state index in [1.54, 1.807) is 11.3 Å². The summed E-state index contributed by atoms with van der Waals surface area (Å²) in [6.07, 6.45) is 5.43. The number of hydrogen-bond donors (Lipinski definition) is 2. The van der Waals surface area contributed by atoms with Crippen molar-refractivity contribution >= 4 is 22.2 Å². The summed E-state index contributed by atoms with van der Waals surface area (Å²) >= 11 is 1.68. The van der Waals surface area contributed by atoms with Crippen LogP contribution in [-0.2, 0) is 0 Å². The molecule has 1 atom stereocenters. The number of benzene rings is 1. The van der Waals surface area contributed by atoms with Crippen molar-refractivity contribution in [2.45, 2.75) is 25.3 Å². The maximum absolute atomic E-state index is 5.99. The first-order valence-corrected chi connectivity index (χ1v) is 9.79. The van der Waals surface area contributed by atoms with Crippen molar-refractivity contribution < 1.29 is 4.74 Å². The molecule has 0 bridgehead atoms. The van der Waals surface area contributed by atoms with E-state index < -0.39 is 0 Å². The molecule has 2 N–H and O–H groups in total. The Morgan fingerprint density at radius 2 is 2.20 bits per heavy atom. The zero-order valence-electron chi connectivity index (χ0n) is 14.5. The Bertz CT molecular complexity index is 740. The van der Waals surface area contributed by atoms with Crippen molar-refractivity contribution in [2.24, 2.45) is 0 Å². The average Bonchev–Trinajstić information content (AvgIpc) is 3.32. The quantitative estimate of drug-likeness (QED) is 0.854. The summed E-state index contributed by atoms with van der Waals surface area (Å²) in [5.74, 6) is 1.98. The number of nitrogens with zero attached hydrogens (tertiary/aromatic N) is 2. The molecule has 1 aromatic heterocycles. The second-order valence-corrected chi connectivity index (χ2v) is 7.26. The van der Waals surface area contributed by atoms with E-state index in [4.69, 9.17) is 9.72 Å². The van der Waals surface area contributed by atoms with E-state index in [-0.39, 0.29) is 0 Å². The third-order valence-electron chi connectivity index (χ3n) is 4.77. The SMILES string of the molecule is CNc1nc(C2CCCN2c2ccc(OC3=CCNCC3)cc2)cs1. The molecular formula is C19H24N4OS. The van der Waals surface area contributed by atoms with Crippen LogP contribution in [-0.4, -0.2) is 31.7 Å². The van der Waals surface area contributed by atoms with Gasteiger partial charge in [0.25, 0.3) is 0 Å². The molecule has 6 heteroatoms. The molecule has 1 saturated heterocycles. The Morgan fingerprint density at radius 1 is 1.32 bits per heavy atom. The summed E-state index contributed by atoms with van der Waals surface area (Å²) in [5.41, 5.74) is 2.42. The Hall–Kier alpha value is -2.05. The predicted molar refractivity (Wildman–Crippen MR) is 104 cm³/mol. The van der Waals surface area contributed by atoms with E-state index in [1.165, 1.54) is 17.8 Å². The Labute approximate surface area is 152 Å². The molecule has 1 unspecified atom stereocenters. The maximum Gasteiger partial charge on any atom is 0.182 e. The van der Waals surface area contributed by atoms with E-state index in [9.17, 15) is 0 Å². The summed E-state index contributed by atoms with van der Waals surface area (Å²) in [6.45, 7) is 2.96. The number of rotatable bonds is 5. The molecule has 1 aromatic carbocycles. The summed E-state index contributed by atoms with van der Waals surface area (Å²) in [4.78, 5) is 7.17. The Kier molecular flexibility index (Phi) is 4.90. The highest BCUT2D eigenvalue weighted by Crippen LogP contribution is 2.37. The van der Waals surface area contributed by atoms with Gasteiger partial charge >= 0.3 is 0 Å². The fourth-order valence-corrected chi connectivity index (χ4v) is 4.21.